The molecule has 0 aliphatic rings. The zero-order valence-electron chi connectivity index (χ0n) is 12.1. The number of anilines is 1. The molecule has 3 nitrogen and oxygen atoms in total. The number of hydrogen-bond acceptors (Lipinski definition) is 3. The van der Waals surface area contributed by atoms with Gasteiger partial charge in [0.25, 0.3) is 0 Å². The molecule has 0 fully saturated rings. The van der Waals surface area contributed by atoms with E-state index in [4.69, 9.17) is 0 Å². The second-order valence-electron chi connectivity index (χ2n) is 5.75. The lowest BCUT2D eigenvalue weighted by atomic mass is 10.1. The van der Waals surface area contributed by atoms with Gasteiger partial charge in [0.1, 0.15) is 0 Å². The van der Waals surface area contributed by atoms with E-state index in [9.17, 15) is 8.42 Å². The van der Waals surface area contributed by atoms with Crippen LogP contribution in [0.2, 0.25) is 0 Å². The molecule has 1 heterocycles. The minimum atomic E-state index is -3.40. The number of nitrogens with one attached hydrogen (secondary N) is 1. The van der Waals surface area contributed by atoms with Crippen LogP contribution in [0.3, 0.4) is 0 Å². The van der Waals surface area contributed by atoms with Crippen molar-refractivity contribution in [3.8, 4) is 10.4 Å². The maximum absolute atomic E-state index is 12.3. The van der Waals surface area contributed by atoms with Crippen LogP contribution in [0, 0.1) is 6.92 Å². The van der Waals surface area contributed by atoms with Crippen molar-refractivity contribution in [2.75, 3.05) is 4.72 Å². The van der Waals surface area contributed by atoms with Crippen LogP contribution in [0.25, 0.3) is 10.4 Å². The average molecular weight is 309 g/mol. The first-order chi connectivity index (χ1) is 9.21. The van der Waals surface area contributed by atoms with Gasteiger partial charge in [0, 0.05) is 0 Å². The molecule has 0 saturated carbocycles. The lowest BCUT2D eigenvalue weighted by Crippen LogP contribution is -2.33. The van der Waals surface area contributed by atoms with Crippen molar-refractivity contribution in [1.82, 2.24) is 0 Å². The van der Waals surface area contributed by atoms with Crippen molar-refractivity contribution in [2.45, 2.75) is 32.4 Å². The maximum atomic E-state index is 12.3. The van der Waals surface area contributed by atoms with E-state index >= 15 is 0 Å². The zero-order valence-corrected chi connectivity index (χ0v) is 13.7. The van der Waals surface area contributed by atoms with Gasteiger partial charge in [0.2, 0.25) is 10.0 Å². The molecule has 2 rings (SSSR count). The van der Waals surface area contributed by atoms with E-state index in [1.54, 1.807) is 20.8 Å². The third kappa shape index (κ3) is 3.04. The van der Waals surface area contributed by atoms with E-state index in [0.717, 1.165) is 10.4 Å². The number of thiophene rings is 1. The predicted molar refractivity (Wildman–Crippen MR) is 86.8 cm³/mol. The summed E-state index contributed by atoms with van der Waals surface area (Å²) in [7, 11) is -3.40. The molecule has 2 aromatic rings. The standard InChI is InChI=1S/C15H19NO2S2/c1-11-5-7-12(8-6-11)14-13(9-10-19-14)16-20(17,18)15(2,3)4/h5-10,16H,1-4H3. The molecule has 1 aromatic heterocycles. The molecule has 0 bridgehead atoms. The largest absolute Gasteiger partial charge is 0.282 e. The molecule has 0 radical (unpaired) electrons. The van der Waals surface area contributed by atoms with Crippen LogP contribution in [0.15, 0.2) is 35.7 Å². The Morgan fingerprint density at radius 3 is 2.20 bits per heavy atom. The zero-order chi connectivity index (χ0) is 15.0. The predicted octanol–water partition coefficient (Wildman–Crippen LogP) is 4.26. The number of rotatable bonds is 3. The summed E-state index contributed by atoms with van der Waals surface area (Å²) < 4.78 is 26.4. The van der Waals surface area contributed by atoms with Crippen LogP contribution in [0.4, 0.5) is 5.69 Å². The second kappa shape index (κ2) is 5.22. The second-order valence-corrected chi connectivity index (χ2v) is 9.10. The first-order valence-electron chi connectivity index (χ1n) is 6.37. The molecule has 0 saturated heterocycles. The summed E-state index contributed by atoms with van der Waals surface area (Å²) in [4.78, 5) is 0.942. The molecule has 0 aliphatic heterocycles. The van der Waals surface area contributed by atoms with Crippen molar-refractivity contribution < 1.29 is 8.42 Å². The summed E-state index contributed by atoms with van der Waals surface area (Å²) in [6, 6.07) is 9.88. The Bertz CT molecular complexity index is 692. The topological polar surface area (TPSA) is 46.2 Å². The molecule has 1 N–H and O–H groups in total. The van der Waals surface area contributed by atoms with Gasteiger partial charge in [-0.1, -0.05) is 29.8 Å². The first kappa shape index (κ1) is 15.1. The summed E-state index contributed by atoms with van der Waals surface area (Å²) in [5, 5.41) is 1.90. The van der Waals surface area contributed by atoms with Crippen LogP contribution in [0.1, 0.15) is 26.3 Å². The summed E-state index contributed by atoms with van der Waals surface area (Å²) in [6.07, 6.45) is 0. The molecule has 0 amide bonds. The van der Waals surface area contributed by atoms with Gasteiger partial charge in [0.05, 0.1) is 15.3 Å². The fourth-order valence-electron chi connectivity index (χ4n) is 1.62. The lowest BCUT2D eigenvalue weighted by Gasteiger charge is -2.20. The Morgan fingerprint density at radius 2 is 1.65 bits per heavy atom. The molecule has 108 valence electrons. The maximum Gasteiger partial charge on any atom is 0.237 e. The normalized spacial score (nSPS) is 12.4. The molecule has 0 atom stereocenters. The molecule has 5 heteroatoms. The molecule has 1 aromatic carbocycles. The average Bonchev–Trinajstić information content (AvgIpc) is 2.76. The van der Waals surface area contributed by atoms with Crippen molar-refractivity contribution in [1.29, 1.82) is 0 Å². The highest BCUT2D eigenvalue weighted by Crippen LogP contribution is 2.35. The monoisotopic (exact) mass is 309 g/mol. The van der Waals surface area contributed by atoms with Crippen molar-refractivity contribution in [2.24, 2.45) is 0 Å². The van der Waals surface area contributed by atoms with Gasteiger partial charge in [-0.25, -0.2) is 8.42 Å². The highest BCUT2D eigenvalue weighted by Gasteiger charge is 2.29. The minimum Gasteiger partial charge on any atom is -0.282 e. The molecular weight excluding hydrogens is 290 g/mol. The molecule has 0 aliphatic carbocycles. The molecular formula is C15H19NO2S2. The third-order valence-corrected chi connectivity index (χ3v) is 6.09. The van der Waals surface area contributed by atoms with Gasteiger partial charge < -0.3 is 0 Å². The van der Waals surface area contributed by atoms with Gasteiger partial charge in [-0.2, -0.15) is 0 Å². The van der Waals surface area contributed by atoms with Crippen molar-refractivity contribution in [3.05, 3.63) is 41.3 Å². The molecule has 20 heavy (non-hydrogen) atoms. The summed E-state index contributed by atoms with van der Waals surface area (Å²) in [5.41, 5.74) is 2.85. The van der Waals surface area contributed by atoms with Gasteiger partial charge in [-0.05, 0) is 44.7 Å². The van der Waals surface area contributed by atoms with Gasteiger partial charge in [0.15, 0.2) is 0 Å². The van der Waals surface area contributed by atoms with Crippen molar-refractivity contribution >= 4 is 27.0 Å². The first-order valence-corrected chi connectivity index (χ1v) is 8.74. The van der Waals surface area contributed by atoms with Gasteiger partial charge >= 0.3 is 0 Å². The third-order valence-electron chi connectivity index (χ3n) is 3.03. The summed E-state index contributed by atoms with van der Waals surface area (Å²) in [5.74, 6) is 0. The van der Waals surface area contributed by atoms with Crippen LogP contribution >= 0.6 is 11.3 Å². The fraction of sp³-hybridized carbons (Fsp3) is 0.333. The number of hydrogen-bond donors (Lipinski definition) is 1. The quantitative estimate of drug-likeness (QED) is 0.920. The van der Waals surface area contributed by atoms with Gasteiger partial charge in [-0.3, -0.25) is 4.72 Å². The number of benzene rings is 1. The van der Waals surface area contributed by atoms with E-state index in [1.807, 2.05) is 42.6 Å². The fourth-order valence-corrected chi connectivity index (χ4v) is 3.30. The van der Waals surface area contributed by atoms with E-state index in [0.29, 0.717) is 5.69 Å². The SMILES string of the molecule is Cc1ccc(-c2sccc2NS(=O)(=O)C(C)(C)C)cc1. The van der Waals surface area contributed by atoms with Crippen LogP contribution in [0.5, 0.6) is 0 Å². The Kier molecular flexibility index (Phi) is 3.93. The summed E-state index contributed by atoms with van der Waals surface area (Å²) in [6.45, 7) is 7.09. The smallest absolute Gasteiger partial charge is 0.237 e. The lowest BCUT2D eigenvalue weighted by molar-refractivity contribution is 0.566. The van der Waals surface area contributed by atoms with E-state index in [2.05, 4.69) is 4.72 Å². The minimum absolute atomic E-state index is 0.647. The molecule has 0 spiro atoms. The number of aryl methyl sites for hydroxylation is 1. The summed E-state index contributed by atoms with van der Waals surface area (Å²) >= 11 is 1.53. The Balaban J connectivity index is 2.37. The Labute approximate surface area is 124 Å². The van der Waals surface area contributed by atoms with Gasteiger partial charge in [-0.15, -0.1) is 11.3 Å². The van der Waals surface area contributed by atoms with Crippen molar-refractivity contribution in [3.63, 3.8) is 0 Å². The Hall–Kier alpha value is -1.33. The molecule has 0 unspecified atom stereocenters. The van der Waals surface area contributed by atoms with Crippen LogP contribution < -0.4 is 4.72 Å². The van der Waals surface area contributed by atoms with E-state index in [-0.39, 0.29) is 0 Å². The Morgan fingerprint density at radius 1 is 1.05 bits per heavy atom. The van der Waals surface area contributed by atoms with E-state index < -0.39 is 14.8 Å². The highest BCUT2D eigenvalue weighted by molar-refractivity contribution is 7.94. The van der Waals surface area contributed by atoms with Crippen LogP contribution in [-0.2, 0) is 10.0 Å². The number of sulfonamides is 1. The highest BCUT2D eigenvalue weighted by atomic mass is 32.2. The van der Waals surface area contributed by atoms with Crippen LogP contribution in [-0.4, -0.2) is 13.2 Å². The van der Waals surface area contributed by atoms with E-state index in [1.165, 1.54) is 16.9 Å².